The summed E-state index contributed by atoms with van der Waals surface area (Å²) >= 11 is 0. The van der Waals surface area contributed by atoms with Crippen LogP contribution in [0, 0.1) is 0 Å². The molecule has 21 heavy (non-hydrogen) atoms. The molecule has 8 heteroatoms. The molecule has 0 saturated carbocycles. The minimum Gasteiger partial charge on any atom is -0.415 e. The SMILES string of the molecule is CC(F)(F)C[C@@H](CO[Si](C)(C)C(C)(C)C)/N=C/C(F)(F)F. The Kier molecular flexibility index (Phi) is 6.56. The van der Waals surface area contributed by atoms with Gasteiger partial charge in [0, 0.05) is 6.42 Å². The van der Waals surface area contributed by atoms with Gasteiger partial charge in [0.25, 0.3) is 0 Å². The minimum absolute atomic E-state index is 0.153. The van der Waals surface area contributed by atoms with E-state index in [0.29, 0.717) is 6.92 Å². The lowest BCUT2D eigenvalue weighted by Crippen LogP contribution is -2.43. The second kappa shape index (κ2) is 6.72. The zero-order valence-electron chi connectivity index (χ0n) is 13.3. The van der Waals surface area contributed by atoms with Crippen molar-refractivity contribution in [3.05, 3.63) is 0 Å². The van der Waals surface area contributed by atoms with Crippen molar-refractivity contribution in [1.82, 2.24) is 0 Å². The van der Waals surface area contributed by atoms with Crippen LogP contribution >= 0.6 is 0 Å². The molecule has 0 rings (SSSR count). The molecule has 0 unspecified atom stereocenters. The molecule has 0 radical (unpaired) electrons. The Morgan fingerprint density at radius 3 is 1.86 bits per heavy atom. The molecule has 0 aromatic heterocycles. The molecular weight excluding hydrogens is 309 g/mol. The highest BCUT2D eigenvalue weighted by Crippen LogP contribution is 2.37. The molecule has 1 atom stereocenters. The maximum atomic E-state index is 13.0. The molecule has 0 aromatic rings. The van der Waals surface area contributed by atoms with E-state index in [2.05, 4.69) is 4.99 Å². The topological polar surface area (TPSA) is 21.6 Å². The number of rotatable bonds is 6. The van der Waals surface area contributed by atoms with Crippen LogP contribution in [-0.4, -0.2) is 39.3 Å². The van der Waals surface area contributed by atoms with Crippen molar-refractivity contribution in [3.63, 3.8) is 0 Å². The van der Waals surface area contributed by atoms with Gasteiger partial charge in [-0.15, -0.1) is 0 Å². The summed E-state index contributed by atoms with van der Waals surface area (Å²) in [6.45, 7) is 10.1. The van der Waals surface area contributed by atoms with Gasteiger partial charge in [-0.3, -0.25) is 4.99 Å². The van der Waals surface area contributed by atoms with E-state index in [9.17, 15) is 22.0 Å². The van der Waals surface area contributed by atoms with Crippen molar-refractivity contribution in [3.8, 4) is 0 Å². The quantitative estimate of drug-likeness (QED) is 0.378. The van der Waals surface area contributed by atoms with Gasteiger partial charge in [0.2, 0.25) is 5.92 Å². The van der Waals surface area contributed by atoms with E-state index < -0.39 is 32.9 Å². The van der Waals surface area contributed by atoms with E-state index in [1.54, 1.807) is 0 Å². The van der Waals surface area contributed by atoms with E-state index in [-0.39, 0.29) is 17.9 Å². The van der Waals surface area contributed by atoms with Crippen LogP contribution in [0.3, 0.4) is 0 Å². The fraction of sp³-hybridized carbons (Fsp3) is 0.923. The normalized spacial score (nSPS) is 16.5. The third-order valence-corrected chi connectivity index (χ3v) is 7.97. The molecule has 0 heterocycles. The first-order valence-corrected chi connectivity index (χ1v) is 9.57. The van der Waals surface area contributed by atoms with Gasteiger partial charge in [-0.1, -0.05) is 20.8 Å². The predicted molar refractivity (Wildman–Crippen MR) is 76.7 cm³/mol. The Balaban J connectivity index is 4.89. The maximum absolute atomic E-state index is 13.0. The van der Waals surface area contributed by atoms with Gasteiger partial charge in [0.05, 0.1) is 12.6 Å². The van der Waals surface area contributed by atoms with E-state index in [1.165, 1.54) is 0 Å². The Hall–Kier alpha value is -0.503. The van der Waals surface area contributed by atoms with E-state index in [0.717, 1.165) is 0 Å². The van der Waals surface area contributed by atoms with Crippen LogP contribution in [0.1, 0.15) is 34.1 Å². The summed E-state index contributed by atoms with van der Waals surface area (Å²) < 4.78 is 68.2. The van der Waals surface area contributed by atoms with Gasteiger partial charge in [0.1, 0.15) is 6.21 Å². The molecule has 2 nitrogen and oxygen atoms in total. The van der Waals surface area contributed by atoms with Gasteiger partial charge >= 0.3 is 6.18 Å². The predicted octanol–water partition coefficient (Wildman–Crippen LogP) is 5.06. The van der Waals surface area contributed by atoms with Crippen LogP contribution in [-0.2, 0) is 4.43 Å². The summed E-state index contributed by atoms with van der Waals surface area (Å²) in [6, 6.07) is -1.21. The van der Waals surface area contributed by atoms with Crippen LogP contribution in [0.15, 0.2) is 4.99 Å². The summed E-state index contributed by atoms with van der Waals surface area (Å²) in [7, 11) is -2.22. The first-order chi connectivity index (χ1) is 9.04. The van der Waals surface area contributed by atoms with Crippen molar-refractivity contribution in [1.29, 1.82) is 0 Å². The summed E-state index contributed by atoms with van der Waals surface area (Å²) in [6.07, 6.45) is -5.62. The summed E-state index contributed by atoms with van der Waals surface area (Å²) in [5.41, 5.74) is 0. The minimum atomic E-state index is -4.61. The molecular formula is C13H24F5NOSi. The highest BCUT2D eigenvalue weighted by atomic mass is 28.4. The molecule has 0 spiro atoms. The van der Waals surface area contributed by atoms with Crippen LogP contribution in [0.4, 0.5) is 22.0 Å². The van der Waals surface area contributed by atoms with Crippen LogP contribution < -0.4 is 0 Å². The van der Waals surface area contributed by atoms with Gasteiger partial charge in [0.15, 0.2) is 8.32 Å². The van der Waals surface area contributed by atoms with Crippen molar-refractivity contribution in [2.24, 2.45) is 4.99 Å². The first kappa shape index (κ1) is 20.5. The monoisotopic (exact) mass is 333 g/mol. The summed E-state index contributed by atoms with van der Waals surface area (Å²) in [5.74, 6) is -3.09. The fourth-order valence-electron chi connectivity index (χ4n) is 1.28. The Morgan fingerprint density at radius 2 is 1.52 bits per heavy atom. The number of hydrogen-bond acceptors (Lipinski definition) is 2. The highest BCUT2D eigenvalue weighted by molar-refractivity contribution is 6.74. The molecule has 0 fully saturated rings. The number of hydrogen-bond donors (Lipinski definition) is 0. The van der Waals surface area contributed by atoms with Gasteiger partial charge in [-0.2, -0.15) is 13.2 Å². The lowest BCUT2D eigenvalue weighted by molar-refractivity contribution is -0.0545. The molecule has 0 saturated heterocycles. The lowest BCUT2D eigenvalue weighted by Gasteiger charge is -2.37. The number of alkyl halides is 5. The van der Waals surface area contributed by atoms with E-state index in [4.69, 9.17) is 4.43 Å². The highest BCUT2D eigenvalue weighted by Gasteiger charge is 2.38. The Bertz CT molecular complexity index is 355. The van der Waals surface area contributed by atoms with Crippen molar-refractivity contribution >= 4 is 14.5 Å². The van der Waals surface area contributed by atoms with Gasteiger partial charge < -0.3 is 4.43 Å². The summed E-state index contributed by atoms with van der Waals surface area (Å²) in [4.78, 5) is 3.23. The second-order valence-electron chi connectivity index (χ2n) is 6.82. The van der Waals surface area contributed by atoms with Crippen LogP contribution in [0.25, 0.3) is 0 Å². The number of nitrogens with zero attached hydrogens (tertiary/aromatic N) is 1. The van der Waals surface area contributed by atoms with Crippen molar-refractivity contribution in [2.45, 2.75) is 70.4 Å². The summed E-state index contributed by atoms with van der Waals surface area (Å²) in [5, 5.41) is -0.153. The van der Waals surface area contributed by atoms with Gasteiger partial charge in [-0.25, -0.2) is 8.78 Å². The molecule has 0 aliphatic rings. The molecule has 0 aliphatic carbocycles. The largest absolute Gasteiger partial charge is 0.426 e. The van der Waals surface area contributed by atoms with Crippen molar-refractivity contribution < 1.29 is 26.4 Å². The molecule has 0 bridgehead atoms. The van der Waals surface area contributed by atoms with Crippen molar-refractivity contribution in [2.75, 3.05) is 6.61 Å². The Labute approximate surface area is 123 Å². The second-order valence-corrected chi connectivity index (χ2v) is 11.6. The average Bonchev–Trinajstić information content (AvgIpc) is 2.17. The smallest absolute Gasteiger partial charge is 0.415 e. The molecule has 0 aromatic carbocycles. The number of halogens is 5. The zero-order valence-corrected chi connectivity index (χ0v) is 14.3. The average molecular weight is 333 g/mol. The maximum Gasteiger partial charge on any atom is 0.426 e. The first-order valence-electron chi connectivity index (χ1n) is 6.66. The molecule has 0 aliphatic heterocycles. The molecule has 126 valence electrons. The van der Waals surface area contributed by atoms with E-state index >= 15 is 0 Å². The van der Waals surface area contributed by atoms with Crippen LogP contribution in [0.2, 0.25) is 18.1 Å². The third kappa shape index (κ3) is 9.18. The molecule has 0 N–H and O–H groups in total. The molecule has 0 amide bonds. The van der Waals surface area contributed by atoms with Crippen LogP contribution in [0.5, 0.6) is 0 Å². The Morgan fingerprint density at radius 1 is 1.05 bits per heavy atom. The van der Waals surface area contributed by atoms with E-state index in [1.807, 2.05) is 33.9 Å². The lowest BCUT2D eigenvalue weighted by atomic mass is 10.1. The zero-order chi connectivity index (χ0) is 17.1. The van der Waals surface area contributed by atoms with Gasteiger partial charge in [-0.05, 0) is 25.1 Å². The standard InChI is InChI=1S/C13H24F5NOSi/c1-11(2,3)21(5,6)20-8-10(7-12(4,14)15)19-9-13(16,17)18/h9-10H,7-8H2,1-6H3/b19-9+/t10-/m0/s1. The third-order valence-electron chi connectivity index (χ3n) is 3.47. The fourth-order valence-corrected chi connectivity index (χ4v) is 2.32. The number of aliphatic imine (C=N–C) groups is 1.